The van der Waals surface area contributed by atoms with Crippen molar-refractivity contribution in [3.8, 4) is 11.3 Å². The van der Waals surface area contributed by atoms with Crippen molar-refractivity contribution in [2.24, 2.45) is 0 Å². The van der Waals surface area contributed by atoms with Gasteiger partial charge in [0.05, 0.1) is 0 Å². The first-order chi connectivity index (χ1) is 9.16. The van der Waals surface area contributed by atoms with Crippen LogP contribution in [0.15, 0.2) is 36.4 Å². The zero-order valence-corrected chi connectivity index (χ0v) is 10.5. The van der Waals surface area contributed by atoms with Crippen LogP contribution in [-0.2, 0) is 0 Å². The first kappa shape index (κ1) is 11.4. The van der Waals surface area contributed by atoms with E-state index >= 15 is 0 Å². The second-order valence-electron chi connectivity index (χ2n) is 4.38. The van der Waals surface area contributed by atoms with Gasteiger partial charge in [-0.15, -0.1) is 10.2 Å². The molecule has 0 aliphatic carbocycles. The highest BCUT2D eigenvalue weighted by Gasteiger charge is 2.13. The number of nitrogens with two attached hydrogens (primary N) is 2. The molecule has 0 bridgehead atoms. The van der Waals surface area contributed by atoms with Gasteiger partial charge in [0.15, 0.2) is 5.82 Å². The fraction of sp³-hybridized carbons (Fsp3) is 0.0714. The second kappa shape index (κ2) is 4.20. The van der Waals surface area contributed by atoms with Gasteiger partial charge in [-0.2, -0.15) is 4.98 Å². The lowest BCUT2D eigenvalue weighted by molar-refractivity contribution is 0.999. The minimum Gasteiger partial charge on any atom is -0.382 e. The first-order valence-corrected chi connectivity index (χ1v) is 5.91. The minimum atomic E-state index is 0.0825. The molecule has 19 heavy (non-hydrogen) atoms. The van der Waals surface area contributed by atoms with E-state index in [9.17, 15) is 0 Å². The van der Waals surface area contributed by atoms with Crippen LogP contribution >= 0.6 is 0 Å². The maximum atomic E-state index is 5.92. The molecule has 5 heteroatoms. The Hall–Kier alpha value is -2.69. The van der Waals surface area contributed by atoms with Crippen molar-refractivity contribution in [1.29, 1.82) is 0 Å². The maximum absolute atomic E-state index is 5.92. The number of aryl methyl sites for hydroxylation is 1. The Kier molecular flexibility index (Phi) is 2.52. The molecule has 0 unspecified atom stereocenters. The van der Waals surface area contributed by atoms with Crippen LogP contribution < -0.4 is 11.5 Å². The molecular formula is C14H13N5. The average Bonchev–Trinajstić information content (AvgIpc) is 2.40. The standard InChI is InChI=1S/C14H13N5/c1-8-6-7-9-4-2-3-5-10(9)11(8)12-13(15)17-14(16)19-18-12/h2-7H,1H3,(H4,15,16,17,19). The summed E-state index contributed by atoms with van der Waals surface area (Å²) in [4.78, 5) is 3.98. The Bertz CT molecular complexity index is 767. The first-order valence-electron chi connectivity index (χ1n) is 5.91. The van der Waals surface area contributed by atoms with Gasteiger partial charge in [0, 0.05) is 5.56 Å². The van der Waals surface area contributed by atoms with Crippen LogP contribution in [0, 0.1) is 6.92 Å². The number of benzene rings is 2. The van der Waals surface area contributed by atoms with E-state index < -0.39 is 0 Å². The van der Waals surface area contributed by atoms with E-state index in [2.05, 4.69) is 21.2 Å². The summed E-state index contributed by atoms with van der Waals surface area (Å²) in [7, 11) is 0. The van der Waals surface area contributed by atoms with Gasteiger partial charge in [-0.3, -0.25) is 0 Å². The molecule has 3 aromatic rings. The van der Waals surface area contributed by atoms with Gasteiger partial charge in [-0.25, -0.2) is 0 Å². The van der Waals surface area contributed by atoms with Crippen molar-refractivity contribution in [1.82, 2.24) is 15.2 Å². The quantitative estimate of drug-likeness (QED) is 0.691. The monoisotopic (exact) mass is 251 g/mol. The van der Waals surface area contributed by atoms with Crippen LogP contribution in [0.25, 0.3) is 22.0 Å². The summed E-state index contributed by atoms with van der Waals surface area (Å²) in [5.74, 6) is 0.381. The van der Waals surface area contributed by atoms with E-state index in [1.807, 2.05) is 37.3 Å². The molecule has 1 heterocycles. The summed E-state index contributed by atoms with van der Waals surface area (Å²) in [6.07, 6.45) is 0. The van der Waals surface area contributed by atoms with Crippen molar-refractivity contribution < 1.29 is 0 Å². The van der Waals surface area contributed by atoms with Crippen molar-refractivity contribution in [3.63, 3.8) is 0 Å². The Morgan fingerprint density at radius 2 is 1.74 bits per heavy atom. The third kappa shape index (κ3) is 1.85. The number of hydrogen-bond acceptors (Lipinski definition) is 5. The van der Waals surface area contributed by atoms with Crippen molar-refractivity contribution in [2.45, 2.75) is 6.92 Å². The van der Waals surface area contributed by atoms with E-state index in [0.29, 0.717) is 11.5 Å². The number of aromatic nitrogens is 3. The molecular weight excluding hydrogens is 238 g/mol. The number of anilines is 2. The molecule has 0 aliphatic rings. The topological polar surface area (TPSA) is 90.7 Å². The number of hydrogen-bond donors (Lipinski definition) is 2. The zero-order chi connectivity index (χ0) is 13.4. The molecule has 4 N–H and O–H groups in total. The number of nitrogen functional groups attached to an aromatic ring is 2. The third-order valence-corrected chi connectivity index (χ3v) is 3.10. The molecule has 0 atom stereocenters. The smallest absolute Gasteiger partial charge is 0.242 e. The second-order valence-corrected chi connectivity index (χ2v) is 4.38. The number of rotatable bonds is 1. The Morgan fingerprint density at radius 1 is 0.947 bits per heavy atom. The fourth-order valence-corrected chi connectivity index (χ4v) is 2.22. The van der Waals surface area contributed by atoms with Crippen LogP contribution in [0.3, 0.4) is 0 Å². The van der Waals surface area contributed by atoms with E-state index in [1.165, 1.54) is 0 Å². The van der Waals surface area contributed by atoms with Crippen molar-refractivity contribution in [3.05, 3.63) is 42.0 Å². The third-order valence-electron chi connectivity index (χ3n) is 3.10. The van der Waals surface area contributed by atoms with Crippen molar-refractivity contribution >= 4 is 22.5 Å². The molecule has 0 saturated carbocycles. The predicted octanol–water partition coefficient (Wildman–Crippen LogP) is 2.16. The van der Waals surface area contributed by atoms with E-state index in [-0.39, 0.29) is 5.95 Å². The van der Waals surface area contributed by atoms with Gasteiger partial charge in [-0.1, -0.05) is 36.4 Å². The SMILES string of the molecule is Cc1ccc2ccccc2c1-c1nnc(N)nc1N. The highest BCUT2D eigenvalue weighted by atomic mass is 15.2. The summed E-state index contributed by atoms with van der Waals surface area (Å²) in [6.45, 7) is 2.01. The predicted molar refractivity (Wildman–Crippen MR) is 76.3 cm³/mol. The van der Waals surface area contributed by atoms with Crippen LogP contribution in [0.4, 0.5) is 11.8 Å². The number of nitrogens with zero attached hydrogens (tertiary/aromatic N) is 3. The zero-order valence-electron chi connectivity index (χ0n) is 10.5. The van der Waals surface area contributed by atoms with E-state index in [0.717, 1.165) is 21.9 Å². The van der Waals surface area contributed by atoms with Gasteiger partial charge in [0.25, 0.3) is 0 Å². The van der Waals surface area contributed by atoms with Crippen LogP contribution in [0.5, 0.6) is 0 Å². The molecule has 0 saturated heterocycles. The molecule has 0 radical (unpaired) electrons. The molecule has 1 aromatic heterocycles. The Labute approximate surface area is 110 Å². The molecule has 0 fully saturated rings. The molecule has 3 rings (SSSR count). The van der Waals surface area contributed by atoms with Gasteiger partial charge in [0.1, 0.15) is 5.69 Å². The van der Waals surface area contributed by atoms with Crippen LogP contribution in [0.2, 0.25) is 0 Å². The lowest BCUT2D eigenvalue weighted by Crippen LogP contribution is -2.05. The Morgan fingerprint density at radius 3 is 2.53 bits per heavy atom. The molecule has 0 amide bonds. The summed E-state index contributed by atoms with van der Waals surface area (Å²) < 4.78 is 0. The minimum absolute atomic E-state index is 0.0825. The summed E-state index contributed by atoms with van der Waals surface area (Å²) >= 11 is 0. The molecule has 94 valence electrons. The average molecular weight is 251 g/mol. The lowest BCUT2D eigenvalue weighted by Gasteiger charge is -2.10. The summed E-state index contributed by atoms with van der Waals surface area (Å²) in [6, 6.07) is 12.2. The fourth-order valence-electron chi connectivity index (χ4n) is 2.22. The molecule has 0 spiro atoms. The van der Waals surface area contributed by atoms with E-state index in [1.54, 1.807) is 0 Å². The van der Waals surface area contributed by atoms with Gasteiger partial charge < -0.3 is 11.5 Å². The van der Waals surface area contributed by atoms with Gasteiger partial charge in [0.2, 0.25) is 5.95 Å². The lowest BCUT2D eigenvalue weighted by atomic mass is 9.97. The van der Waals surface area contributed by atoms with Crippen molar-refractivity contribution in [2.75, 3.05) is 11.5 Å². The highest BCUT2D eigenvalue weighted by molar-refractivity contribution is 5.99. The highest BCUT2D eigenvalue weighted by Crippen LogP contribution is 2.32. The summed E-state index contributed by atoms with van der Waals surface area (Å²) in [5, 5.41) is 10.1. The summed E-state index contributed by atoms with van der Waals surface area (Å²) in [5.41, 5.74) is 14.0. The largest absolute Gasteiger partial charge is 0.382 e. The normalized spacial score (nSPS) is 10.8. The molecule has 5 nitrogen and oxygen atoms in total. The van der Waals surface area contributed by atoms with Crippen LogP contribution in [-0.4, -0.2) is 15.2 Å². The number of fused-ring (bicyclic) bond motifs is 1. The molecule has 2 aromatic carbocycles. The van der Waals surface area contributed by atoms with Gasteiger partial charge in [-0.05, 0) is 23.3 Å². The maximum Gasteiger partial charge on any atom is 0.242 e. The van der Waals surface area contributed by atoms with Crippen LogP contribution in [0.1, 0.15) is 5.56 Å². The Balaban J connectivity index is 2.38. The van der Waals surface area contributed by atoms with E-state index in [4.69, 9.17) is 11.5 Å². The molecule has 0 aliphatic heterocycles. The van der Waals surface area contributed by atoms with Gasteiger partial charge >= 0.3 is 0 Å².